The van der Waals surface area contributed by atoms with Crippen LogP contribution in [0, 0.1) is 18.3 Å². The molecule has 1 heterocycles. The number of rotatable bonds is 6. The highest BCUT2D eigenvalue weighted by Crippen LogP contribution is 2.44. The minimum atomic E-state index is -3.01. The second kappa shape index (κ2) is 8.22. The van der Waals surface area contributed by atoms with E-state index in [9.17, 15) is 14.0 Å². The Bertz CT molecular complexity index is 947. The van der Waals surface area contributed by atoms with E-state index in [1.54, 1.807) is 12.1 Å². The van der Waals surface area contributed by atoms with Crippen molar-refractivity contribution in [2.24, 2.45) is 7.05 Å². The zero-order valence-corrected chi connectivity index (χ0v) is 17.8. The number of aromatic nitrogens is 2. The zero-order valence-electron chi connectivity index (χ0n) is 15.4. The van der Waals surface area contributed by atoms with E-state index in [1.807, 2.05) is 20.3 Å². The molecule has 0 saturated carbocycles. The summed E-state index contributed by atoms with van der Waals surface area (Å²) in [5.41, 5.74) is 2.27. The molecule has 0 fully saturated rings. The standard InChI is InChI=1S/C18H20Cl2F2N3OP/c1-10-6-14(19)11(7-12(9-23)27(3,4)5)8-13(10)16-15(20)17(25(2)24-16)26-18(21)22/h6,8,12,18H,3,7H2,1-2,4-5H3. The molecule has 1 aromatic heterocycles. The summed E-state index contributed by atoms with van der Waals surface area (Å²) in [7, 11) is 1.47. The zero-order chi connectivity index (χ0) is 20.5. The predicted molar refractivity (Wildman–Crippen MR) is 109 cm³/mol. The highest BCUT2D eigenvalue weighted by molar-refractivity contribution is 7.73. The Balaban J connectivity index is 2.54. The number of alkyl halides is 2. The molecule has 1 unspecified atom stereocenters. The Morgan fingerprint density at radius 2 is 2.00 bits per heavy atom. The van der Waals surface area contributed by atoms with Crippen molar-refractivity contribution in [1.82, 2.24) is 9.78 Å². The van der Waals surface area contributed by atoms with Crippen molar-refractivity contribution in [2.75, 3.05) is 13.3 Å². The van der Waals surface area contributed by atoms with Crippen molar-refractivity contribution in [3.05, 3.63) is 33.3 Å². The number of benzene rings is 1. The molecule has 0 aliphatic carbocycles. The van der Waals surface area contributed by atoms with E-state index in [-0.39, 0.29) is 16.6 Å². The molecule has 0 aliphatic heterocycles. The lowest BCUT2D eigenvalue weighted by Crippen LogP contribution is -2.09. The monoisotopic (exact) mass is 433 g/mol. The van der Waals surface area contributed by atoms with Gasteiger partial charge in [-0.3, -0.25) is 0 Å². The minimum absolute atomic E-state index is 0.00371. The van der Waals surface area contributed by atoms with Crippen LogP contribution in [-0.4, -0.2) is 41.7 Å². The Labute approximate surface area is 167 Å². The van der Waals surface area contributed by atoms with Crippen LogP contribution in [0.5, 0.6) is 5.88 Å². The molecule has 0 aliphatic rings. The number of halogens is 4. The first-order valence-electron chi connectivity index (χ1n) is 8.00. The van der Waals surface area contributed by atoms with Gasteiger partial charge in [0.05, 0.1) is 11.7 Å². The lowest BCUT2D eigenvalue weighted by Gasteiger charge is -2.21. The average Bonchev–Trinajstić information content (AvgIpc) is 2.80. The molecule has 0 amide bonds. The summed E-state index contributed by atoms with van der Waals surface area (Å²) in [6, 6.07) is 5.88. The average molecular weight is 434 g/mol. The molecule has 1 atom stereocenters. The molecule has 2 rings (SSSR count). The SMILES string of the molecule is C=P(C)(C)C(C#N)Cc1cc(-c2nn(C)c(OC(F)F)c2Cl)c(C)cc1Cl. The van der Waals surface area contributed by atoms with Gasteiger partial charge in [-0.15, -0.1) is 6.89 Å². The minimum Gasteiger partial charge on any atom is -0.416 e. The quantitative estimate of drug-likeness (QED) is 0.569. The molecule has 9 heteroatoms. The molecule has 146 valence electrons. The number of hydrogen-bond acceptors (Lipinski definition) is 3. The van der Waals surface area contributed by atoms with Crippen LogP contribution in [0.2, 0.25) is 10.0 Å². The lowest BCUT2D eigenvalue weighted by molar-refractivity contribution is -0.0552. The molecule has 0 N–H and O–H groups in total. The maximum Gasteiger partial charge on any atom is 0.388 e. The third kappa shape index (κ3) is 4.85. The van der Waals surface area contributed by atoms with E-state index in [2.05, 4.69) is 22.2 Å². The van der Waals surface area contributed by atoms with Gasteiger partial charge in [0.15, 0.2) is 0 Å². The number of aryl methyl sites for hydroxylation is 2. The first-order chi connectivity index (χ1) is 12.5. The fourth-order valence-electron chi connectivity index (χ4n) is 2.65. The molecule has 0 bridgehead atoms. The van der Waals surface area contributed by atoms with Crippen molar-refractivity contribution in [3.8, 4) is 23.2 Å². The Hall–Kier alpha value is -1.54. The largest absolute Gasteiger partial charge is 0.416 e. The molecule has 0 spiro atoms. The number of nitrogens with zero attached hydrogens (tertiary/aromatic N) is 3. The van der Waals surface area contributed by atoms with Gasteiger partial charge in [0, 0.05) is 17.6 Å². The summed E-state index contributed by atoms with van der Waals surface area (Å²) < 4.78 is 30.8. The summed E-state index contributed by atoms with van der Waals surface area (Å²) in [4.78, 5) is 0. The van der Waals surface area contributed by atoms with Crippen LogP contribution in [0.15, 0.2) is 12.1 Å². The van der Waals surface area contributed by atoms with Gasteiger partial charge in [-0.2, -0.15) is 19.1 Å². The molecule has 1 aromatic carbocycles. The number of ether oxygens (including phenoxy) is 1. The van der Waals surface area contributed by atoms with E-state index in [0.29, 0.717) is 22.7 Å². The van der Waals surface area contributed by atoms with Crippen LogP contribution in [0.25, 0.3) is 11.3 Å². The third-order valence-corrected chi connectivity index (χ3v) is 6.87. The van der Waals surface area contributed by atoms with E-state index in [4.69, 9.17) is 23.2 Å². The van der Waals surface area contributed by atoms with E-state index in [1.165, 1.54) is 11.7 Å². The van der Waals surface area contributed by atoms with Gasteiger partial charge in [0.2, 0.25) is 5.88 Å². The van der Waals surface area contributed by atoms with Gasteiger partial charge in [-0.25, -0.2) is 4.68 Å². The van der Waals surface area contributed by atoms with Gasteiger partial charge in [0.1, 0.15) is 10.7 Å². The molecule has 0 saturated heterocycles. The van der Waals surface area contributed by atoms with E-state index in [0.717, 1.165) is 11.1 Å². The molecule has 2 aromatic rings. The third-order valence-electron chi connectivity index (χ3n) is 4.19. The molecular weight excluding hydrogens is 414 g/mol. The summed E-state index contributed by atoms with van der Waals surface area (Å²) in [5.74, 6) is -0.211. The van der Waals surface area contributed by atoms with Gasteiger partial charge in [-0.05, 0) is 49.9 Å². The van der Waals surface area contributed by atoms with E-state index < -0.39 is 13.5 Å². The van der Waals surface area contributed by atoms with Crippen molar-refractivity contribution in [1.29, 1.82) is 5.26 Å². The fourth-order valence-corrected chi connectivity index (χ4v) is 4.26. The Kier molecular flexibility index (Phi) is 6.63. The van der Waals surface area contributed by atoms with Crippen LogP contribution in [0.4, 0.5) is 8.78 Å². The summed E-state index contributed by atoms with van der Waals surface area (Å²) in [5, 5.41) is 14.2. The highest BCUT2D eigenvalue weighted by Gasteiger charge is 2.24. The number of hydrogen-bond donors (Lipinski definition) is 0. The summed E-state index contributed by atoms with van der Waals surface area (Å²) in [6.07, 6.45) is 4.59. The summed E-state index contributed by atoms with van der Waals surface area (Å²) >= 11 is 12.6. The van der Waals surface area contributed by atoms with Gasteiger partial charge in [-0.1, -0.05) is 29.5 Å². The Morgan fingerprint density at radius 3 is 2.52 bits per heavy atom. The summed E-state index contributed by atoms with van der Waals surface area (Å²) in [6.45, 7) is 1.14. The highest BCUT2D eigenvalue weighted by atomic mass is 35.5. The molecule has 0 radical (unpaired) electrons. The maximum atomic E-state index is 12.6. The van der Waals surface area contributed by atoms with Crippen molar-refractivity contribution in [2.45, 2.75) is 25.6 Å². The molecule has 4 nitrogen and oxygen atoms in total. The maximum absolute atomic E-state index is 12.6. The second-order valence-corrected chi connectivity index (χ2v) is 11.8. The predicted octanol–water partition coefficient (Wildman–Crippen LogP) is 5.45. The van der Waals surface area contributed by atoms with Gasteiger partial charge < -0.3 is 4.74 Å². The second-order valence-electron chi connectivity index (χ2n) is 6.86. The number of nitriles is 1. The van der Waals surface area contributed by atoms with Gasteiger partial charge in [0.25, 0.3) is 0 Å². The normalized spacial score (nSPS) is 12.9. The van der Waals surface area contributed by atoms with Crippen LogP contribution in [0.1, 0.15) is 11.1 Å². The van der Waals surface area contributed by atoms with Crippen molar-refractivity contribution in [3.63, 3.8) is 0 Å². The van der Waals surface area contributed by atoms with Gasteiger partial charge >= 0.3 is 6.61 Å². The Morgan fingerprint density at radius 1 is 1.37 bits per heavy atom. The topological polar surface area (TPSA) is 50.8 Å². The van der Waals surface area contributed by atoms with E-state index >= 15 is 0 Å². The van der Waals surface area contributed by atoms with Crippen LogP contribution >= 0.6 is 30.1 Å². The molecular formula is C18H20Cl2F2N3OP. The fraction of sp³-hybridized carbons (Fsp3) is 0.389. The lowest BCUT2D eigenvalue weighted by atomic mass is 9.99. The van der Waals surface area contributed by atoms with Crippen LogP contribution in [-0.2, 0) is 13.5 Å². The van der Waals surface area contributed by atoms with Crippen LogP contribution in [0.3, 0.4) is 0 Å². The smallest absolute Gasteiger partial charge is 0.388 e. The first kappa shape index (κ1) is 21.8. The van der Waals surface area contributed by atoms with Crippen molar-refractivity contribution >= 4 is 36.4 Å². The van der Waals surface area contributed by atoms with Crippen LogP contribution < -0.4 is 4.74 Å². The van der Waals surface area contributed by atoms with Crippen molar-refractivity contribution < 1.29 is 13.5 Å². The first-order valence-corrected chi connectivity index (χ1v) is 11.7. The molecule has 27 heavy (non-hydrogen) atoms.